The lowest BCUT2D eigenvalue weighted by atomic mass is 10.2. The van der Waals surface area contributed by atoms with Gasteiger partial charge in [0.25, 0.3) is 0 Å². The van der Waals surface area contributed by atoms with Gasteiger partial charge in [-0.3, -0.25) is 0 Å². The second kappa shape index (κ2) is 5.29. The Morgan fingerprint density at radius 2 is 2.06 bits per heavy atom. The molecule has 2 aromatic rings. The van der Waals surface area contributed by atoms with Crippen molar-refractivity contribution in [2.75, 3.05) is 7.05 Å². The molecule has 0 aliphatic rings. The molecule has 17 heavy (non-hydrogen) atoms. The standard InChI is InChI=1S/C11H11Br2N3O/c1-6(14-2)10-15-16-11(17-10)8-5-7(12)3-4-9(8)13/h3-6,14H,1-2H3. The van der Waals surface area contributed by atoms with E-state index in [0.29, 0.717) is 11.8 Å². The molecule has 90 valence electrons. The van der Waals surface area contributed by atoms with Crippen LogP contribution in [-0.2, 0) is 0 Å². The maximum atomic E-state index is 5.62. The Morgan fingerprint density at radius 3 is 2.76 bits per heavy atom. The van der Waals surface area contributed by atoms with Gasteiger partial charge in [-0.25, -0.2) is 0 Å². The fourth-order valence-corrected chi connectivity index (χ4v) is 2.08. The molecule has 1 atom stereocenters. The second-order valence-electron chi connectivity index (χ2n) is 3.58. The smallest absolute Gasteiger partial charge is 0.249 e. The molecule has 1 unspecified atom stereocenters. The van der Waals surface area contributed by atoms with Crippen LogP contribution in [0.2, 0.25) is 0 Å². The Kier molecular flexibility index (Phi) is 3.96. The highest BCUT2D eigenvalue weighted by Gasteiger charge is 2.15. The molecule has 0 saturated carbocycles. The van der Waals surface area contributed by atoms with Crippen molar-refractivity contribution in [3.05, 3.63) is 33.0 Å². The first-order valence-corrected chi connectivity index (χ1v) is 6.66. The van der Waals surface area contributed by atoms with Gasteiger partial charge in [-0.15, -0.1) is 10.2 Å². The summed E-state index contributed by atoms with van der Waals surface area (Å²) >= 11 is 6.89. The summed E-state index contributed by atoms with van der Waals surface area (Å²) in [7, 11) is 1.85. The summed E-state index contributed by atoms with van der Waals surface area (Å²) in [6.07, 6.45) is 0. The molecular weight excluding hydrogens is 350 g/mol. The summed E-state index contributed by atoms with van der Waals surface area (Å²) in [6, 6.07) is 5.86. The Bertz CT molecular complexity index is 527. The van der Waals surface area contributed by atoms with Crippen LogP contribution in [0.1, 0.15) is 18.9 Å². The summed E-state index contributed by atoms with van der Waals surface area (Å²) < 4.78 is 7.52. The largest absolute Gasteiger partial charge is 0.419 e. The monoisotopic (exact) mass is 359 g/mol. The summed E-state index contributed by atoms with van der Waals surface area (Å²) in [4.78, 5) is 0. The molecule has 1 heterocycles. The highest BCUT2D eigenvalue weighted by molar-refractivity contribution is 9.11. The zero-order valence-electron chi connectivity index (χ0n) is 9.37. The molecule has 2 rings (SSSR count). The van der Waals surface area contributed by atoms with Gasteiger partial charge in [-0.1, -0.05) is 15.9 Å². The number of benzene rings is 1. The van der Waals surface area contributed by atoms with Crippen LogP contribution in [-0.4, -0.2) is 17.2 Å². The van der Waals surface area contributed by atoms with Gasteiger partial charge in [0.05, 0.1) is 11.6 Å². The predicted octanol–water partition coefficient (Wildman–Crippen LogP) is 3.54. The lowest BCUT2D eigenvalue weighted by molar-refractivity contribution is 0.441. The minimum Gasteiger partial charge on any atom is -0.419 e. The number of hydrogen-bond donors (Lipinski definition) is 1. The summed E-state index contributed by atoms with van der Waals surface area (Å²) in [5.41, 5.74) is 0.876. The molecule has 0 aliphatic carbocycles. The van der Waals surface area contributed by atoms with E-state index < -0.39 is 0 Å². The van der Waals surface area contributed by atoms with Crippen LogP contribution in [0.4, 0.5) is 0 Å². The molecule has 0 aliphatic heterocycles. The first-order valence-electron chi connectivity index (χ1n) is 5.08. The molecule has 1 N–H and O–H groups in total. The molecule has 0 spiro atoms. The normalized spacial score (nSPS) is 12.7. The number of aromatic nitrogens is 2. The van der Waals surface area contributed by atoms with Crippen LogP contribution in [0.25, 0.3) is 11.5 Å². The van der Waals surface area contributed by atoms with E-state index >= 15 is 0 Å². The van der Waals surface area contributed by atoms with Gasteiger partial charge in [0, 0.05) is 8.95 Å². The highest BCUT2D eigenvalue weighted by atomic mass is 79.9. The summed E-state index contributed by atoms with van der Waals surface area (Å²) in [5, 5.41) is 11.1. The van der Waals surface area contributed by atoms with Crippen molar-refractivity contribution in [2.24, 2.45) is 0 Å². The van der Waals surface area contributed by atoms with Crippen molar-refractivity contribution < 1.29 is 4.42 Å². The average molecular weight is 361 g/mol. The lowest BCUT2D eigenvalue weighted by Gasteiger charge is -2.03. The van der Waals surface area contributed by atoms with E-state index in [4.69, 9.17) is 4.42 Å². The zero-order chi connectivity index (χ0) is 12.4. The molecule has 1 aromatic heterocycles. The fourth-order valence-electron chi connectivity index (χ4n) is 1.30. The first kappa shape index (κ1) is 12.7. The van der Waals surface area contributed by atoms with Gasteiger partial charge in [0.1, 0.15) is 0 Å². The van der Waals surface area contributed by atoms with Gasteiger partial charge in [0.15, 0.2) is 0 Å². The number of halogens is 2. The van der Waals surface area contributed by atoms with Gasteiger partial charge in [0.2, 0.25) is 11.8 Å². The molecule has 0 radical (unpaired) electrons. The predicted molar refractivity (Wildman–Crippen MR) is 72.6 cm³/mol. The molecule has 0 bridgehead atoms. The quantitative estimate of drug-likeness (QED) is 0.909. The van der Waals surface area contributed by atoms with E-state index in [1.807, 2.05) is 32.2 Å². The Labute approximate surface area is 116 Å². The number of rotatable bonds is 3. The minimum atomic E-state index is 0.0437. The first-order chi connectivity index (χ1) is 8.11. The molecule has 0 saturated heterocycles. The van der Waals surface area contributed by atoms with Crippen molar-refractivity contribution in [3.8, 4) is 11.5 Å². The number of hydrogen-bond acceptors (Lipinski definition) is 4. The number of nitrogens with zero attached hydrogens (tertiary/aromatic N) is 2. The van der Waals surface area contributed by atoms with E-state index in [1.54, 1.807) is 0 Å². The van der Waals surface area contributed by atoms with Crippen molar-refractivity contribution in [2.45, 2.75) is 13.0 Å². The van der Waals surface area contributed by atoms with Gasteiger partial charge >= 0.3 is 0 Å². The third kappa shape index (κ3) is 2.75. The molecule has 0 amide bonds. The minimum absolute atomic E-state index is 0.0437. The van der Waals surface area contributed by atoms with E-state index in [2.05, 4.69) is 47.4 Å². The maximum Gasteiger partial charge on any atom is 0.249 e. The van der Waals surface area contributed by atoms with Crippen molar-refractivity contribution in [1.82, 2.24) is 15.5 Å². The topological polar surface area (TPSA) is 51.0 Å². The van der Waals surface area contributed by atoms with Crippen LogP contribution in [0.5, 0.6) is 0 Å². The fraction of sp³-hybridized carbons (Fsp3) is 0.273. The van der Waals surface area contributed by atoms with Crippen molar-refractivity contribution in [1.29, 1.82) is 0 Å². The molecule has 0 fully saturated rings. The maximum absolute atomic E-state index is 5.62. The Morgan fingerprint density at radius 1 is 1.29 bits per heavy atom. The summed E-state index contributed by atoms with van der Waals surface area (Å²) in [6.45, 7) is 1.97. The zero-order valence-corrected chi connectivity index (χ0v) is 12.5. The van der Waals surface area contributed by atoms with E-state index in [9.17, 15) is 0 Å². The SMILES string of the molecule is CNC(C)c1nnc(-c2cc(Br)ccc2Br)o1. The van der Waals surface area contributed by atoms with E-state index in [-0.39, 0.29) is 6.04 Å². The second-order valence-corrected chi connectivity index (χ2v) is 5.35. The molecule has 4 nitrogen and oxygen atoms in total. The van der Waals surface area contributed by atoms with Gasteiger partial charge in [-0.2, -0.15) is 0 Å². The van der Waals surface area contributed by atoms with Gasteiger partial charge < -0.3 is 9.73 Å². The molecule has 1 aromatic carbocycles. The van der Waals surface area contributed by atoms with Crippen molar-refractivity contribution >= 4 is 31.9 Å². The Balaban J connectivity index is 2.40. The van der Waals surface area contributed by atoms with Crippen LogP contribution >= 0.6 is 31.9 Å². The average Bonchev–Trinajstić information content (AvgIpc) is 2.80. The van der Waals surface area contributed by atoms with Crippen molar-refractivity contribution in [3.63, 3.8) is 0 Å². The Hall–Kier alpha value is -0.720. The van der Waals surface area contributed by atoms with Gasteiger partial charge in [-0.05, 0) is 48.1 Å². The highest BCUT2D eigenvalue weighted by Crippen LogP contribution is 2.30. The third-order valence-corrected chi connectivity index (χ3v) is 3.59. The lowest BCUT2D eigenvalue weighted by Crippen LogP contribution is -2.12. The number of nitrogens with one attached hydrogen (secondary N) is 1. The third-order valence-electron chi connectivity index (χ3n) is 2.40. The summed E-state index contributed by atoms with van der Waals surface area (Å²) in [5.74, 6) is 1.09. The molecular formula is C11H11Br2N3O. The van der Waals surface area contributed by atoms with Crippen LogP contribution < -0.4 is 5.32 Å². The molecule has 6 heteroatoms. The van der Waals surface area contributed by atoms with Crippen LogP contribution in [0.15, 0.2) is 31.6 Å². The van der Waals surface area contributed by atoms with Crippen LogP contribution in [0, 0.1) is 0 Å². The van der Waals surface area contributed by atoms with E-state index in [0.717, 1.165) is 14.5 Å². The van der Waals surface area contributed by atoms with E-state index in [1.165, 1.54) is 0 Å². The van der Waals surface area contributed by atoms with Crippen LogP contribution in [0.3, 0.4) is 0 Å².